The summed E-state index contributed by atoms with van der Waals surface area (Å²) >= 11 is 0. The lowest BCUT2D eigenvalue weighted by Crippen LogP contribution is -2.63. The van der Waals surface area contributed by atoms with Crippen LogP contribution in [0, 0.1) is 5.82 Å². The molecule has 31 heavy (non-hydrogen) atoms. The number of benzene rings is 2. The maximum absolute atomic E-state index is 13.1. The SMILES string of the molecule is CC12CCC(=O)N1c1ccccc1C(=O)N2CC(=O)NCCCOc1ccc(F)cc1. The normalized spacial score (nSPS) is 19.8. The third-order valence-electron chi connectivity index (χ3n) is 5.77. The number of carbonyl (C=O) groups excluding carboxylic acids is 3. The van der Waals surface area contributed by atoms with Gasteiger partial charge in [0.05, 0.1) is 17.9 Å². The van der Waals surface area contributed by atoms with Gasteiger partial charge in [-0.25, -0.2) is 4.39 Å². The van der Waals surface area contributed by atoms with Crippen molar-refractivity contribution in [1.82, 2.24) is 10.2 Å². The Kier molecular flexibility index (Phi) is 5.63. The first-order valence-electron chi connectivity index (χ1n) is 10.3. The van der Waals surface area contributed by atoms with Gasteiger partial charge in [0, 0.05) is 13.0 Å². The Bertz CT molecular complexity index is 1010. The van der Waals surface area contributed by atoms with Gasteiger partial charge in [0.2, 0.25) is 11.8 Å². The van der Waals surface area contributed by atoms with Crippen LogP contribution >= 0.6 is 0 Å². The van der Waals surface area contributed by atoms with Gasteiger partial charge >= 0.3 is 0 Å². The number of carbonyl (C=O) groups is 3. The molecule has 2 aromatic carbocycles. The predicted octanol–water partition coefficient (Wildman–Crippen LogP) is 2.71. The molecule has 1 saturated heterocycles. The molecule has 2 heterocycles. The summed E-state index contributed by atoms with van der Waals surface area (Å²) in [5.41, 5.74) is 0.175. The van der Waals surface area contributed by atoms with Gasteiger partial charge in [-0.2, -0.15) is 0 Å². The summed E-state index contributed by atoms with van der Waals surface area (Å²) in [6.07, 6.45) is 1.36. The number of anilines is 1. The molecule has 3 amide bonds. The van der Waals surface area contributed by atoms with Gasteiger partial charge in [-0.15, -0.1) is 0 Å². The molecule has 2 aliphatic rings. The number of hydrogen-bond acceptors (Lipinski definition) is 4. The Morgan fingerprint density at radius 1 is 1.16 bits per heavy atom. The maximum Gasteiger partial charge on any atom is 0.258 e. The minimum Gasteiger partial charge on any atom is -0.494 e. The average Bonchev–Trinajstić information content (AvgIpc) is 3.07. The smallest absolute Gasteiger partial charge is 0.258 e. The van der Waals surface area contributed by atoms with Crippen LogP contribution in [0.15, 0.2) is 48.5 Å². The molecule has 162 valence electrons. The van der Waals surface area contributed by atoms with Crippen molar-refractivity contribution >= 4 is 23.4 Å². The standard InChI is InChI=1S/C23H24FN3O4/c1-23-12-11-21(29)27(23)19-6-3-2-5-18(19)22(30)26(23)15-20(28)25-13-4-14-31-17-9-7-16(24)8-10-17/h2-3,5-10H,4,11-15H2,1H3,(H,25,28). The number of fused-ring (bicyclic) bond motifs is 3. The molecule has 0 spiro atoms. The van der Waals surface area contributed by atoms with Gasteiger partial charge in [-0.3, -0.25) is 19.3 Å². The molecule has 1 unspecified atom stereocenters. The molecular formula is C23H24FN3O4. The monoisotopic (exact) mass is 425 g/mol. The van der Waals surface area contributed by atoms with Crippen LogP contribution in [0.3, 0.4) is 0 Å². The highest BCUT2D eigenvalue weighted by Gasteiger charge is 2.53. The molecule has 1 N–H and O–H groups in total. The Hall–Kier alpha value is -3.42. The van der Waals surface area contributed by atoms with Crippen LogP contribution in [0.2, 0.25) is 0 Å². The van der Waals surface area contributed by atoms with E-state index in [1.54, 1.807) is 41.3 Å². The topological polar surface area (TPSA) is 79.0 Å². The van der Waals surface area contributed by atoms with Gasteiger partial charge in [0.1, 0.15) is 23.8 Å². The molecular weight excluding hydrogens is 401 g/mol. The zero-order chi connectivity index (χ0) is 22.0. The molecule has 2 aromatic rings. The molecule has 0 radical (unpaired) electrons. The summed E-state index contributed by atoms with van der Waals surface area (Å²) in [6.45, 7) is 2.43. The number of para-hydroxylation sites is 1. The van der Waals surface area contributed by atoms with E-state index in [1.165, 1.54) is 17.0 Å². The van der Waals surface area contributed by atoms with Gasteiger partial charge in [-0.1, -0.05) is 12.1 Å². The van der Waals surface area contributed by atoms with Crippen LogP contribution in [-0.2, 0) is 9.59 Å². The second kappa shape index (κ2) is 8.37. The second-order valence-corrected chi connectivity index (χ2v) is 7.86. The van der Waals surface area contributed by atoms with Crippen molar-refractivity contribution in [1.29, 1.82) is 0 Å². The third kappa shape index (κ3) is 3.97. The minimum atomic E-state index is -0.856. The molecule has 0 aromatic heterocycles. The van der Waals surface area contributed by atoms with Crippen LogP contribution in [0.5, 0.6) is 5.75 Å². The molecule has 8 heteroatoms. The van der Waals surface area contributed by atoms with Crippen molar-refractivity contribution in [2.75, 3.05) is 24.6 Å². The van der Waals surface area contributed by atoms with E-state index in [2.05, 4.69) is 5.32 Å². The lowest BCUT2D eigenvalue weighted by molar-refractivity contribution is -0.124. The minimum absolute atomic E-state index is 0.0502. The fourth-order valence-corrected chi connectivity index (χ4v) is 4.16. The predicted molar refractivity (Wildman–Crippen MR) is 112 cm³/mol. The van der Waals surface area contributed by atoms with E-state index in [1.807, 2.05) is 6.92 Å². The number of hydrogen-bond donors (Lipinski definition) is 1. The maximum atomic E-state index is 13.1. The van der Waals surface area contributed by atoms with E-state index >= 15 is 0 Å². The summed E-state index contributed by atoms with van der Waals surface area (Å²) < 4.78 is 18.4. The number of nitrogens with one attached hydrogen (secondary N) is 1. The molecule has 1 atom stereocenters. The Morgan fingerprint density at radius 3 is 2.68 bits per heavy atom. The van der Waals surface area contributed by atoms with Gasteiger partial charge in [0.25, 0.3) is 5.91 Å². The van der Waals surface area contributed by atoms with Crippen molar-refractivity contribution in [3.63, 3.8) is 0 Å². The lowest BCUT2D eigenvalue weighted by atomic mass is 9.98. The molecule has 0 aliphatic carbocycles. The van der Waals surface area contributed by atoms with Crippen molar-refractivity contribution in [3.05, 3.63) is 59.9 Å². The van der Waals surface area contributed by atoms with E-state index in [-0.39, 0.29) is 30.1 Å². The first-order chi connectivity index (χ1) is 14.9. The van der Waals surface area contributed by atoms with Crippen molar-refractivity contribution in [3.8, 4) is 5.75 Å². The highest BCUT2D eigenvalue weighted by molar-refractivity contribution is 6.11. The first-order valence-corrected chi connectivity index (χ1v) is 10.3. The van der Waals surface area contributed by atoms with Gasteiger partial charge in [0.15, 0.2) is 0 Å². The second-order valence-electron chi connectivity index (χ2n) is 7.86. The molecule has 0 bridgehead atoms. The number of amides is 3. The Balaban J connectivity index is 1.35. The van der Waals surface area contributed by atoms with E-state index < -0.39 is 5.66 Å². The number of ether oxygens (including phenoxy) is 1. The Morgan fingerprint density at radius 2 is 1.90 bits per heavy atom. The molecule has 0 saturated carbocycles. The summed E-state index contributed by atoms with van der Waals surface area (Å²) in [4.78, 5) is 41.4. The van der Waals surface area contributed by atoms with Crippen molar-refractivity contribution < 1.29 is 23.5 Å². The zero-order valence-corrected chi connectivity index (χ0v) is 17.3. The quantitative estimate of drug-likeness (QED) is 0.692. The van der Waals surface area contributed by atoms with Crippen LogP contribution in [0.4, 0.5) is 10.1 Å². The zero-order valence-electron chi connectivity index (χ0n) is 17.3. The van der Waals surface area contributed by atoms with Crippen LogP contribution in [0.25, 0.3) is 0 Å². The number of halogens is 1. The average molecular weight is 425 g/mol. The summed E-state index contributed by atoms with van der Waals surface area (Å²) in [7, 11) is 0. The number of nitrogens with zero attached hydrogens (tertiary/aromatic N) is 2. The van der Waals surface area contributed by atoms with Crippen molar-refractivity contribution in [2.45, 2.75) is 31.8 Å². The lowest BCUT2D eigenvalue weighted by Gasteiger charge is -2.48. The van der Waals surface area contributed by atoms with Crippen molar-refractivity contribution in [2.24, 2.45) is 0 Å². The van der Waals surface area contributed by atoms with Gasteiger partial charge in [-0.05, 0) is 56.2 Å². The molecule has 1 fully saturated rings. The van der Waals surface area contributed by atoms with E-state index in [0.717, 1.165) is 0 Å². The molecule has 7 nitrogen and oxygen atoms in total. The Labute approximate surface area is 179 Å². The summed E-state index contributed by atoms with van der Waals surface area (Å²) in [5, 5.41) is 2.80. The largest absolute Gasteiger partial charge is 0.494 e. The summed E-state index contributed by atoms with van der Waals surface area (Å²) in [5.74, 6) is -0.366. The fourth-order valence-electron chi connectivity index (χ4n) is 4.16. The van der Waals surface area contributed by atoms with Gasteiger partial charge < -0.3 is 15.0 Å². The highest BCUT2D eigenvalue weighted by atomic mass is 19.1. The number of rotatable bonds is 7. The molecule has 4 rings (SSSR count). The van der Waals surface area contributed by atoms with E-state index in [4.69, 9.17) is 4.74 Å². The van der Waals surface area contributed by atoms with E-state index in [9.17, 15) is 18.8 Å². The van der Waals surface area contributed by atoms with Crippen LogP contribution in [-0.4, -0.2) is 48.0 Å². The first kappa shape index (κ1) is 20.8. The molecule has 2 aliphatic heterocycles. The fraction of sp³-hybridized carbons (Fsp3) is 0.348. The van der Waals surface area contributed by atoms with E-state index in [0.29, 0.717) is 49.4 Å². The summed E-state index contributed by atoms with van der Waals surface area (Å²) in [6, 6.07) is 12.7. The van der Waals surface area contributed by atoms with Crippen LogP contribution < -0.4 is 15.0 Å². The third-order valence-corrected chi connectivity index (χ3v) is 5.77. The highest BCUT2D eigenvalue weighted by Crippen LogP contribution is 2.43. The van der Waals surface area contributed by atoms with Crippen LogP contribution in [0.1, 0.15) is 36.5 Å².